The van der Waals surface area contributed by atoms with Gasteiger partial charge in [0, 0.05) is 24.5 Å². The Morgan fingerprint density at radius 3 is 2.71 bits per heavy atom. The summed E-state index contributed by atoms with van der Waals surface area (Å²) in [5.41, 5.74) is 5.91. The molecule has 3 N–H and O–H groups in total. The summed E-state index contributed by atoms with van der Waals surface area (Å²) < 4.78 is 26.9. The van der Waals surface area contributed by atoms with E-state index in [9.17, 15) is 8.42 Å². The predicted octanol–water partition coefficient (Wildman–Crippen LogP) is 1.14. The summed E-state index contributed by atoms with van der Waals surface area (Å²) in [5.74, 6) is 0.515. The second kappa shape index (κ2) is 7.24. The molecule has 1 aromatic heterocycles. The highest BCUT2D eigenvalue weighted by Crippen LogP contribution is 2.19. The number of guanidine groups is 1. The molecule has 0 unspecified atom stereocenters. The number of piperidine rings is 1. The first-order valence-corrected chi connectivity index (χ1v) is 9.40. The smallest absolute Gasteiger partial charge is 0.250 e. The second-order valence-electron chi connectivity index (χ2n) is 5.05. The first-order chi connectivity index (χ1) is 9.99. The summed E-state index contributed by atoms with van der Waals surface area (Å²) >= 11 is 1.26. The second-order valence-corrected chi connectivity index (χ2v) is 8.33. The van der Waals surface area contributed by atoms with Crippen molar-refractivity contribution in [3.8, 4) is 0 Å². The maximum absolute atomic E-state index is 12.0. The van der Waals surface area contributed by atoms with E-state index in [1.54, 1.807) is 12.1 Å². The van der Waals surface area contributed by atoms with Crippen molar-refractivity contribution in [3.05, 3.63) is 17.0 Å². The lowest BCUT2D eigenvalue weighted by Crippen LogP contribution is -2.41. The van der Waals surface area contributed by atoms with Gasteiger partial charge in [-0.15, -0.1) is 11.3 Å². The third-order valence-corrected chi connectivity index (χ3v) is 6.29. The van der Waals surface area contributed by atoms with Crippen molar-refractivity contribution in [2.75, 3.05) is 26.2 Å². The number of hydrogen-bond acceptors (Lipinski definition) is 4. The molecule has 0 bridgehead atoms. The van der Waals surface area contributed by atoms with Crippen molar-refractivity contribution in [1.29, 1.82) is 0 Å². The third-order valence-electron chi connectivity index (χ3n) is 3.34. The summed E-state index contributed by atoms with van der Waals surface area (Å²) in [6.45, 7) is 4.37. The maximum atomic E-state index is 12.0. The molecule has 1 fully saturated rings. The van der Waals surface area contributed by atoms with Gasteiger partial charge in [0.25, 0.3) is 0 Å². The molecule has 0 amide bonds. The van der Waals surface area contributed by atoms with Gasteiger partial charge in [0.05, 0.1) is 6.54 Å². The first-order valence-electron chi connectivity index (χ1n) is 7.10. The number of nitrogens with zero attached hydrogens (tertiary/aromatic N) is 2. The van der Waals surface area contributed by atoms with Crippen LogP contribution in [0.5, 0.6) is 0 Å². The van der Waals surface area contributed by atoms with E-state index in [4.69, 9.17) is 5.73 Å². The fraction of sp³-hybridized carbons (Fsp3) is 0.615. The zero-order chi connectivity index (χ0) is 15.3. The van der Waals surface area contributed by atoms with Gasteiger partial charge in [0.2, 0.25) is 10.0 Å². The summed E-state index contributed by atoms with van der Waals surface area (Å²) in [4.78, 5) is 7.28. The lowest BCUT2D eigenvalue weighted by atomic mass is 10.1. The Morgan fingerprint density at radius 1 is 1.38 bits per heavy atom. The molecule has 118 valence electrons. The number of aliphatic imine (C=N–C) groups is 1. The summed E-state index contributed by atoms with van der Waals surface area (Å²) in [6.07, 6.45) is 3.52. The molecule has 0 atom stereocenters. The zero-order valence-electron chi connectivity index (χ0n) is 12.2. The lowest BCUT2D eigenvalue weighted by molar-refractivity contribution is 0.338. The quantitative estimate of drug-likeness (QED) is 0.481. The highest BCUT2D eigenvalue weighted by atomic mass is 32.2. The molecule has 0 saturated carbocycles. The van der Waals surface area contributed by atoms with Crippen LogP contribution in [0.2, 0.25) is 0 Å². The summed E-state index contributed by atoms with van der Waals surface area (Å²) in [6, 6.07) is 3.42. The molecule has 6 nitrogen and oxygen atoms in total. The van der Waals surface area contributed by atoms with Crippen LogP contribution in [0.4, 0.5) is 0 Å². The molecule has 0 spiro atoms. The Balaban J connectivity index is 1.81. The maximum Gasteiger partial charge on any atom is 0.250 e. The van der Waals surface area contributed by atoms with E-state index < -0.39 is 10.0 Å². The Kier molecular flexibility index (Phi) is 5.60. The number of likely N-dealkylation sites (tertiary alicyclic amines) is 1. The van der Waals surface area contributed by atoms with E-state index in [-0.39, 0.29) is 6.54 Å². The number of thiophene rings is 1. The van der Waals surface area contributed by atoms with Crippen LogP contribution in [-0.2, 0) is 10.0 Å². The fourth-order valence-corrected chi connectivity index (χ4v) is 4.55. The van der Waals surface area contributed by atoms with Gasteiger partial charge in [-0.05, 0) is 38.3 Å². The molecule has 1 aromatic rings. The van der Waals surface area contributed by atoms with Crippen LogP contribution in [0.15, 0.2) is 21.3 Å². The SMILES string of the molecule is Cc1ccc(S(=O)(=O)NCCN=C(N)N2CCCCC2)s1. The van der Waals surface area contributed by atoms with Crippen LogP contribution in [-0.4, -0.2) is 45.5 Å². The summed E-state index contributed by atoms with van der Waals surface area (Å²) in [5, 5.41) is 0. The first kappa shape index (κ1) is 16.3. The largest absolute Gasteiger partial charge is 0.370 e. The highest BCUT2D eigenvalue weighted by molar-refractivity contribution is 7.91. The van der Waals surface area contributed by atoms with E-state index in [0.717, 1.165) is 30.8 Å². The highest BCUT2D eigenvalue weighted by Gasteiger charge is 2.15. The van der Waals surface area contributed by atoms with Crippen LogP contribution < -0.4 is 10.5 Å². The average molecular weight is 330 g/mol. The van der Waals surface area contributed by atoms with E-state index in [2.05, 4.69) is 14.6 Å². The number of nitrogens with two attached hydrogens (primary N) is 1. The van der Waals surface area contributed by atoms with Crippen molar-refractivity contribution in [2.24, 2.45) is 10.7 Å². The van der Waals surface area contributed by atoms with Gasteiger partial charge in [-0.25, -0.2) is 13.1 Å². The number of aryl methyl sites for hydroxylation is 1. The molecule has 2 rings (SSSR count). The van der Waals surface area contributed by atoms with Crippen molar-refractivity contribution in [3.63, 3.8) is 0 Å². The molecule has 0 radical (unpaired) electrons. The molecule has 0 aromatic carbocycles. The molecular weight excluding hydrogens is 308 g/mol. The minimum absolute atomic E-state index is 0.258. The van der Waals surface area contributed by atoms with E-state index in [1.807, 2.05) is 6.92 Å². The number of rotatable bonds is 5. The van der Waals surface area contributed by atoms with Crippen molar-refractivity contribution >= 4 is 27.3 Å². The van der Waals surface area contributed by atoms with E-state index in [0.29, 0.717) is 16.7 Å². The van der Waals surface area contributed by atoms with Gasteiger partial charge in [-0.3, -0.25) is 4.99 Å². The molecule has 1 saturated heterocycles. The average Bonchev–Trinajstić information content (AvgIpc) is 2.92. The predicted molar refractivity (Wildman–Crippen MR) is 86.2 cm³/mol. The van der Waals surface area contributed by atoms with Crippen molar-refractivity contribution < 1.29 is 8.42 Å². The van der Waals surface area contributed by atoms with Gasteiger partial charge in [-0.1, -0.05) is 0 Å². The monoisotopic (exact) mass is 330 g/mol. The molecule has 21 heavy (non-hydrogen) atoms. The van der Waals surface area contributed by atoms with Gasteiger partial charge in [0.1, 0.15) is 4.21 Å². The third kappa shape index (κ3) is 4.69. The van der Waals surface area contributed by atoms with Crippen LogP contribution >= 0.6 is 11.3 Å². The Morgan fingerprint density at radius 2 is 2.10 bits per heavy atom. The van der Waals surface area contributed by atoms with Gasteiger partial charge in [0.15, 0.2) is 5.96 Å². The van der Waals surface area contributed by atoms with Crippen molar-refractivity contribution in [1.82, 2.24) is 9.62 Å². The molecule has 1 aliphatic heterocycles. The standard InChI is InChI=1S/C13H22N4O2S2/c1-11-5-6-12(20-11)21(18,19)16-8-7-15-13(14)17-9-3-2-4-10-17/h5-6,16H,2-4,7-10H2,1H3,(H2,14,15). The van der Waals surface area contributed by atoms with Gasteiger partial charge >= 0.3 is 0 Å². The van der Waals surface area contributed by atoms with Crippen LogP contribution in [0.1, 0.15) is 24.1 Å². The Labute approximate surface area is 130 Å². The van der Waals surface area contributed by atoms with Gasteiger partial charge in [-0.2, -0.15) is 0 Å². The fourth-order valence-electron chi connectivity index (χ4n) is 2.20. The minimum atomic E-state index is -3.42. The van der Waals surface area contributed by atoms with E-state index in [1.165, 1.54) is 17.8 Å². The molecule has 8 heteroatoms. The zero-order valence-corrected chi connectivity index (χ0v) is 13.8. The normalized spacial score (nSPS) is 17.2. The molecule has 1 aliphatic rings. The molecular formula is C13H22N4O2S2. The number of hydrogen-bond donors (Lipinski definition) is 2. The van der Waals surface area contributed by atoms with E-state index >= 15 is 0 Å². The van der Waals surface area contributed by atoms with Crippen LogP contribution in [0.25, 0.3) is 0 Å². The lowest BCUT2D eigenvalue weighted by Gasteiger charge is -2.27. The Bertz CT molecular complexity index is 589. The topological polar surface area (TPSA) is 87.8 Å². The molecule has 0 aliphatic carbocycles. The van der Waals surface area contributed by atoms with Crippen molar-refractivity contribution in [2.45, 2.75) is 30.4 Å². The number of nitrogens with one attached hydrogen (secondary N) is 1. The molecule has 2 heterocycles. The van der Waals surface area contributed by atoms with Crippen LogP contribution in [0, 0.1) is 6.92 Å². The number of sulfonamides is 1. The summed E-state index contributed by atoms with van der Waals surface area (Å²) in [7, 11) is -3.42. The Hall–Kier alpha value is -1.12. The van der Waals surface area contributed by atoms with Gasteiger partial charge < -0.3 is 10.6 Å². The van der Waals surface area contributed by atoms with Crippen LogP contribution in [0.3, 0.4) is 0 Å². The minimum Gasteiger partial charge on any atom is -0.370 e.